The lowest BCUT2D eigenvalue weighted by Crippen LogP contribution is -2.41. The Morgan fingerprint density at radius 2 is 1.82 bits per heavy atom. The van der Waals surface area contributed by atoms with Crippen LogP contribution in [-0.4, -0.2) is 54.6 Å². The largest absolute Gasteiger partial charge is 0.480 e. The fraction of sp³-hybridized carbons (Fsp3) is 0.700. The Labute approximate surface area is 100 Å². The van der Waals surface area contributed by atoms with Crippen molar-refractivity contribution < 1.29 is 19.5 Å². The van der Waals surface area contributed by atoms with Crippen molar-refractivity contribution in [3.8, 4) is 0 Å². The quantitative estimate of drug-likeness (QED) is 0.570. The molecule has 0 rings (SSSR count). The molecule has 0 bridgehead atoms. The zero-order chi connectivity index (χ0) is 13.3. The summed E-state index contributed by atoms with van der Waals surface area (Å²) < 4.78 is 0. The second-order valence-electron chi connectivity index (χ2n) is 3.58. The van der Waals surface area contributed by atoms with Crippen LogP contribution in [0.15, 0.2) is 0 Å². The van der Waals surface area contributed by atoms with Gasteiger partial charge in [0.2, 0.25) is 5.91 Å². The van der Waals surface area contributed by atoms with Gasteiger partial charge in [-0.1, -0.05) is 6.92 Å². The van der Waals surface area contributed by atoms with Crippen LogP contribution in [0.3, 0.4) is 0 Å². The molecule has 0 aliphatic carbocycles. The van der Waals surface area contributed by atoms with Crippen LogP contribution in [0.25, 0.3) is 0 Å². The predicted octanol–water partition coefficient (Wildman–Crippen LogP) is -0.371. The number of nitrogens with one attached hydrogen (secondary N) is 2. The van der Waals surface area contributed by atoms with Crippen LogP contribution in [0, 0.1) is 0 Å². The third-order valence-corrected chi connectivity index (χ3v) is 1.92. The number of nitrogens with zero attached hydrogens (tertiary/aromatic N) is 1. The van der Waals surface area contributed by atoms with Crippen molar-refractivity contribution >= 4 is 17.9 Å². The van der Waals surface area contributed by atoms with Gasteiger partial charge in [0.05, 0.1) is 0 Å². The van der Waals surface area contributed by atoms with Gasteiger partial charge in [0.15, 0.2) is 0 Å². The van der Waals surface area contributed by atoms with Gasteiger partial charge in [-0.15, -0.1) is 0 Å². The molecule has 0 saturated heterocycles. The number of carbonyl (C=O) groups excluding carboxylic acids is 2. The molecule has 17 heavy (non-hydrogen) atoms. The molecule has 0 aliphatic rings. The van der Waals surface area contributed by atoms with Crippen LogP contribution in [-0.2, 0) is 9.59 Å². The molecule has 0 spiro atoms. The maximum atomic E-state index is 11.3. The van der Waals surface area contributed by atoms with Crippen molar-refractivity contribution in [2.24, 2.45) is 0 Å². The molecule has 3 amide bonds. The van der Waals surface area contributed by atoms with Crippen molar-refractivity contribution in [3.05, 3.63) is 0 Å². The van der Waals surface area contributed by atoms with E-state index < -0.39 is 12.0 Å². The highest BCUT2D eigenvalue weighted by Crippen LogP contribution is 1.85. The van der Waals surface area contributed by atoms with E-state index in [0.717, 1.165) is 11.3 Å². The molecule has 0 aromatic rings. The van der Waals surface area contributed by atoms with E-state index in [1.165, 1.54) is 7.05 Å². The highest BCUT2D eigenvalue weighted by atomic mass is 16.4. The number of carboxylic acids is 1. The number of hydrogen-bond donors (Lipinski definition) is 3. The second kappa shape index (κ2) is 8.37. The van der Waals surface area contributed by atoms with Gasteiger partial charge in [-0.25, -0.2) is 4.79 Å². The lowest BCUT2D eigenvalue weighted by Gasteiger charge is -2.15. The molecule has 3 N–H and O–H groups in total. The Balaban J connectivity index is 3.70. The predicted molar refractivity (Wildman–Crippen MR) is 61.6 cm³/mol. The number of urea groups is 1. The van der Waals surface area contributed by atoms with E-state index >= 15 is 0 Å². The van der Waals surface area contributed by atoms with Crippen molar-refractivity contribution in [2.45, 2.75) is 19.8 Å². The first kappa shape index (κ1) is 15.2. The van der Waals surface area contributed by atoms with E-state index in [4.69, 9.17) is 5.11 Å². The number of aliphatic carboxylic acids is 1. The van der Waals surface area contributed by atoms with Gasteiger partial charge in [0.25, 0.3) is 0 Å². The minimum Gasteiger partial charge on any atom is -0.480 e. The third kappa shape index (κ3) is 8.06. The van der Waals surface area contributed by atoms with Crippen molar-refractivity contribution in [3.63, 3.8) is 0 Å². The Kier molecular flexibility index (Phi) is 7.49. The molecule has 0 aromatic carbocycles. The standard InChI is InChI=1S/C10H19N3O4/c1-3-5-11-8(14)4-6-12-10(17)13(2)7-9(15)16/h3-7H2,1-2H3,(H,11,14)(H,12,17)(H,15,16). The summed E-state index contributed by atoms with van der Waals surface area (Å²) in [6, 6.07) is -0.504. The summed E-state index contributed by atoms with van der Waals surface area (Å²) in [4.78, 5) is 33.8. The highest BCUT2D eigenvalue weighted by Gasteiger charge is 2.11. The molecule has 0 heterocycles. The fourth-order valence-electron chi connectivity index (χ4n) is 1.05. The van der Waals surface area contributed by atoms with Gasteiger partial charge in [-0.2, -0.15) is 0 Å². The summed E-state index contributed by atoms with van der Waals surface area (Å²) >= 11 is 0. The van der Waals surface area contributed by atoms with Crippen LogP contribution in [0.2, 0.25) is 0 Å². The van der Waals surface area contributed by atoms with Gasteiger partial charge in [-0.05, 0) is 6.42 Å². The molecular weight excluding hydrogens is 226 g/mol. The highest BCUT2D eigenvalue weighted by molar-refractivity contribution is 5.80. The van der Waals surface area contributed by atoms with E-state index in [0.29, 0.717) is 6.54 Å². The van der Waals surface area contributed by atoms with Crippen molar-refractivity contribution in [1.82, 2.24) is 15.5 Å². The third-order valence-electron chi connectivity index (χ3n) is 1.92. The summed E-state index contributed by atoms with van der Waals surface area (Å²) in [6.07, 6.45) is 1.05. The second-order valence-corrected chi connectivity index (χ2v) is 3.58. The summed E-state index contributed by atoms with van der Waals surface area (Å²) in [5, 5.41) is 13.6. The molecule has 0 aromatic heterocycles. The molecule has 0 atom stereocenters. The summed E-state index contributed by atoms with van der Waals surface area (Å²) in [7, 11) is 1.38. The van der Waals surface area contributed by atoms with Crippen molar-refractivity contribution in [1.29, 1.82) is 0 Å². The SMILES string of the molecule is CCCNC(=O)CCNC(=O)N(C)CC(=O)O. The van der Waals surface area contributed by atoms with Crippen LogP contribution < -0.4 is 10.6 Å². The molecule has 98 valence electrons. The molecule has 0 fully saturated rings. The maximum absolute atomic E-state index is 11.3. The average molecular weight is 245 g/mol. The van der Waals surface area contributed by atoms with E-state index in [2.05, 4.69) is 10.6 Å². The van der Waals surface area contributed by atoms with Crippen molar-refractivity contribution in [2.75, 3.05) is 26.7 Å². The first-order valence-corrected chi connectivity index (χ1v) is 5.44. The Hall–Kier alpha value is -1.79. The summed E-state index contributed by atoms with van der Waals surface area (Å²) in [5.74, 6) is -1.21. The first-order valence-electron chi connectivity index (χ1n) is 5.44. The Morgan fingerprint density at radius 1 is 1.18 bits per heavy atom. The van der Waals surface area contributed by atoms with E-state index in [-0.39, 0.29) is 25.4 Å². The minimum atomic E-state index is -1.08. The van der Waals surface area contributed by atoms with Gasteiger partial charge < -0.3 is 20.6 Å². The topological polar surface area (TPSA) is 98.7 Å². The Bertz CT molecular complexity index is 281. The molecular formula is C10H19N3O4. The van der Waals surface area contributed by atoms with E-state index in [9.17, 15) is 14.4 Å². The molecule has 0 radical (unpaired) electrons. The number of amides is 3. The fourth-order valence-corrected chi connectivity index (χ4v) is 1.05. The lowest BCUT2D eigenvalue weighted by molar-refractivity contribution is -0.137. The van der Waals surface area contributed by atoms with Crippen LogP contribution >= 0.6 is 0 Å². The number of carbonyl (C=O) groups is 3. The van der Waals surface area contributed by atoms with Gasteiger partial charge in [0.1, 0.15) is 6.54 Å². The zero-order valence-electron chi connectivity index (χ0n) is 10.2. The normalized spacial score (nSPS) is 9.53. The molecule has 7 nitrogen and oxygen atoms in total. The molecule has 7 heteroatoms. The lowest BCUT2D eigenvalue weighted by atomic mass is 10.4. The van der Waals surface area contributed by atoms with E-state index in [1.54, 1.807) is 0 Å². The smallest absolute Gasteiger partial charge is 0.323 e. The zero-order valence-corrected chi connectivity index (χ0v) is 10.2. The van der Waals surface area contributed by atoms with Gasteiger partial charge >= 0.3 is 12.0 Å². The molecule has 0 saturated carbocycles. The monoisotopic (exact) mass is 245 g/mol. The van der Waals surface area contributed by atoms with Gasteiger partial charge in [-0.3, -0.25) is 9.59 Å². The van der Waals surface area contributed by atoms with Gasteiger partial charge in [0, 0.05) is 26.6 Å². The number of carboxylic acid groups (broad SMARTS) is 1. The summed E-state index contributed by atoms with van der Waals surface area (Å²) in [5.41, 5.74) is 0. The number of rotatable bonds is 7. The average Bonchev–Trinajstić information content (AvgIpc) is 2.25. The molecule has 0 aliphatic heterocycles. The van der Waals surface area contributed by atoms with Crippen LogP contribution in [0.4, 0.5) is 4.79 Å². The van der Waals surface area contributed by atoms with Crippen LogP contribution in [0.5, 0.6) is 0 Å². The number of hydrogen-bond acceptors (Lipinski definition) is 3. The first-order chi connectivity index (χ1) is 7.97. The minimum absolute atomic E-state index is 0.131. The maximum Gasteiger partial charge on any atom is 0.323 e. The Morgan fingerprint density at radius 3 is 2.35 bits per heavy atom. The van der Waals surface area contributed by atoms with E-state index in [1.807, 2.05) is 6.92 Å². The summed E-state index contributed by atoms with van der Waals surface area (Å²) in [6.45, 7) is 2.39. The van der Waals surface area contributed by atoms with Crippen LogP contribution in [0.1, 0.15) is 19.8 Å². The molecule has 0 unspecified atom stereocenters. The number of likely N-dealkylation sites (N-methyl/N-ethyl adjacent to an activating group) is 1.